The third-order valence-electron chi connectivity index (χ3n) is 2.87. The van der Waals surface area contributed by atoms with Gasteiger partial charge in [-0.05, 0) is 17.7 Å². The highest BCUT2D eigenvalue weighted by Gasteiger charge is 2.12. The Bertz CT molecular complexity index is 731. The molecule has 6 heteroatoms. The van der Waals surface area contributed by atoms with Crippen LogP contribution in [0.1, 0.15) is 18.0 Å². The lowest BCUT2D eigenvalue weighted by atomic mass is 10.0. The van der Waals surface area contributed by atoms with Crippen LogP contribution in [-0.4, -0.2) is 20.5 Å². The first-order chi connectivity index (χ1) is 8.65. The van der Waals surface area contributed by atoms with E-state index in [-0.39, 0.29) is 6.42 Å². The smallest absolute Gasteiger partial charge is 0.305 e. The molecule has 0 bridgehead atoms. The summed E-state index contributed by atoms with van der Waals surface area (Å²) in [5, 5.41) is 8.75. The molecule has 0 aliphatic heterocycles. The molecule has 0 aliphatic rings. The van der Waals surface area contributed by atoms with E-state index in [0.717, 1.165) is 20.7 Å². The number of aliphatic carboxylic acids is 1. The van der Waals surface area contributed by atoms with E-state index in [9.17, 15) is 4.79 Å². The van der Waals surface area contributed by atoms with Gasteiger partial charge in [-0.3, -0.25) is 9.20 Å². The molecular formula is C12H11N3O2S. The Hall–Kier alpha value is -1.92. The summed E-state index contributed by atoms with van der Waals surface area (Å²) >= 11 is 1.57. The van der Waals surface area contributed by atoms with Crippen molar-refractivity contribution in [2.75, 3.05) is 0 Å². The molecule has 0 saturated carbocycles. The number of aromatic nitrogens is 2. The molecule has 0 radical (unpaired) electrons. The van der Waals surface area contributed by atoms with Crippen molar-refractivity contribution in [2.24, 2.45) is 5.73 Å². The molecule has 3 aromatic rings. The summed E-state index contributed by atoms with van der Waals surface area (Å²) in [6.45, 7) is 0. The number of fused-ring (bicyclic) bond motifs is 3. The van der Waals surface area contributed by atoms with E-state index < -0.39 is 12.0 Å². The van der Waals surface area contributed by atoms with E-state index in [4.69, 9.17) is 10.8 Å². The number of nitrogens with zero attached hydrogens (tertiary/aromatic N) is 2. The molecule has 0 amide bonds. The number of carboxylic acid groups (broad SMARTS) is 1. The Morgan fingerprint density at radius 2 is 2.39 bits per heavy atom. The van der Waals surface area contributed by atoms with Gasteiger partial charge >= 0.3 is 5.97 Å². The van der Waals surface area contributed by atoms with Crippen molar-refractivity contribution < 1.29 is 9.90 Å². The van der Waals surface area contributed by atoms with Gasteiger partial charge in [0.25, 0.3) is 0 Å². The molecule has 2 heterocycles. The number of nitrogens with two attached hydrogens (primary N) is 1. The molecule has 2 aromatic heterocycles. The topological polar surface area (TPSA) is 80.6 Å². The Labute approximate surface area is 106 Å². The fourth-order valence-electron chi connectivity index (χ4n) is 2.00. The predicted molar refractivity (Wildman–Crippen MR) is 69.8 cm³/mol. The van der Waals surface area contributed by atoms with Gasteiger partial charge < -0.3 is 10.8 Å². The van der Waals surface area contributed by atoms with E-state index in [0.29, 0.717) is 0 Å². The number of carboxylic acids is 1. The molecule has 0 spiro atoms. The minimum absolute atomic E-state index is 0.0615. The fourth-order valence-corrected chi connectivity index (χ4v) is 3.03. The lowest BCUT2D eigenvalue weighted by Gasteiger charge is -2.08. The van der Waals surface area contributed by atoms with E-state index in [1.54, 1.807) is 17.5 Å². The second kappa shape index (κ2) is 4.08. The summed E-state index contributed by atoms with van der Waals surface area (Å²) in [6, 6.07) is 5.31. The summed E-state index contributed by atoms with van der Waals surface area (Å²) in [7, 11) is 0. The summed E-state index contributed by atoms with van der Waals surface area (Å²) in [6.07, 6.45) is 3.61. The van der Waals surface area contributed by atoms with Gasteiger partial charge in [-0.25, -0.2) is 4.98 Å². The van der Waals surface area contributed by atoms with Gasteiger partial charge in [0.15, 0.2) is 4.96 Å². The van der Waals surface area contributed by atoms with Crippen molar-refractivity contribution in [3.8, 4) is 0 Å². The van der Waals surface area contributed by atoms with Crippen LogP contribution < -0.4 is 5.73 Å². The number of imidazole rings is 1. The highest BCUT2D eigenvalue weighted by Crippen LogP contribution is 2.28. The van der Waals surface area contributed by atoms with Crippen LogP contribution in [0.2, 0.25) is 0 Å². The molecular weight excluding hydrogens is 250 g/mol. The number of hydrogen-bond acceptors (Lipinski definition) is 4. The van der Waals surface area contributed by atoms with Gasteiger partial charge in [0, 0.05) is 18.4 Å². The fraction of sp³-hybridized carbons (Fsp3) is 0.167. The van der Waals surface area contributed by atoms with E-state index >= 15 is 0 Å². The molecule has 3 rings (SSSR count). The molecule has 0 fully saturated rings. The molecule has 1 unspecified atom stereocenters. The third-order valence-corrected chi connectivity index (χ3v) is 3.91. The highest BCUT2D eigenvalue weighted by atomic mass is 32.1. The van der Waals surface area contributed by atoms with E-state index in [1.165, 1.54) is 0 Å². The SMILES string of the molecule is NC(CC(=O)O)c1ccc2c(c1)sc1nccn12. The van der Waals surface area contributed by atoms with Crippen LogP contribution in [0.4, 0.5) is 0 Å². The highest BCUT2D eigenvalue weighted by molar-refractivity contribution is 7.23. The first kappa shape index (κ1) is 11.2. The van der Waals surface area contributed by atoms with E-state index in [1.807, 2.05) is 28.8 Å². The van der Waals surface area contributed by atoms with E-state index in [2.05, 4.69) is 4.98 Å². The predicted octanol–water partition coefficient (Wildman–Crippen LogP) is 2.02. The average molecular weight is 261 g/mol. The zero-order valence-electron chi connectivity index (χ0n) is 9.41. The van der Waals surface area contributed by atoms with Crippen molar-refractivity contribution in [3.05, 3.63) is 36.2 Å². The first-order valence-corrected chi connectivity index (χ1v) is 6.29. The van der Waals surface area contributed by atoms with Gasteiger partial charge in [0.2, 0.25) is 0 Å². The summed E-state index contributed by atoms with van der Waals surface area (Å²) in [5.74, 6) is -0.886. The summed E-state index contributed by atoms with van der Waals surface area (Å²) in [5.41, 5.74) is 7.77. The normalized spacial score (nSPS) is 13.2. The molecule has 5 nitrogen and oxygen atoms in total. The number of hydrogen-bond donors (Lipinski definition) is 2. The lowest BCUT2D eigenvalue weighted by Crippen LogP contribution is -2.14. The molecule has 1 atom stereocenters. The minimum Gasteiger partial charge on any atom is -0.481 e. The average Bonchev–Trinajstić information content (AvgIpc) is 2.86. The lowest BCUT2D eigenvalue weighted by molar-refractivity contribution is -0.137. The van der Waals surface area contributed by atoms with Gasteiger partial charge in [0.1, 0.15) is 0 Å². The van der Waals surface area contributed by atoms with Crippen LogP contribution in [-0.2, 0) is 4.79 Å². The maximum absolute atomic E-state index is 10.7. The quantitative estimate of drug-likeness (QED) is 0.756. The molecule has 92 valence electrons. The van der Waals surface area contributed by atoms with Crippen molar-refractivity contribution in [3.63, 3.8) is 0 Å². The van der Waals surface area contributed by atoms with Crippen LogP contribution in [0, 0.1) is 0 Å². The van der Waals surface area contributed by atoms with Crippen molar-refractivity contribution in [1.82, 2.24) is 9.38 Å². The second-order valence-corrected chi connectivity index (χ2v) is 5.12. The van der Waals surface area contributed by atoms with Crippen molar-refractivity contribution in [2.45, 2.75) is 12.5 Å². The zero-order valence-corrected chi connectivity index (χ0v) is 10.2. The van der Waals surface area contributed by atoms with Crippen LogP contribution in [0.15, 0.2) is 30.6 Å². The molecule has 0 aliphatic carbocycles. The summed E-state index contributed by atoms with van der Waals surface area (Å²) < 4.78 is 3.07. The maximum atomic E-state index is 10.7. The summed E-state index contributed by atoms with van der Waals surface area (Å²) in [4.78, 5) is 15.8. The largest absolute Gasteiger partial charge is 0.481 e. The molecule has 3 N–H and O–H groups in total. The molecule has 0 saturated heterocycles. The Kier molecular flexibility index (Phi) is 2.53. The van der Waals surface area contributed by atoms with Gasteiger partial charge in [0.05, 0.1) is 16.6 Å². The van der Waals surface area contributed by atoms with Gasteiger partial charge in [-0.2, -0.15) is 0 Å². The third kappa shape index (κ3) is 1.75. The Balaban J connectivity index is 2.07. The number of benzene rings is 1. The number of thiazole rings is 1. The Morgan fingerprint density at radius 1 is 1.56 bits per heavy atom. The number of rotatable bonds is 3. The Morgan fingerprint density at radius 3 is 3.17 bits per heavy atom. The first-order valence-electron chi connectivity index (χ1n) is 5.48. The molecule has 1 aromatic carbocycles. The van der Waals surface area contributed by atoms with Crippen LogP contribution in [0.25, 0.3) is 15.2 Å². The monoisotopic (exact) mass is 261 g/mol. The van der Waals surface area contributed by atoms with Crippen LogP contribution in [0.5, 0.6) is 0 Å². The van der Waals surface area contributed by atoms with Gasteiger partial charge in [-0.1, -0.05) is 17.4 Å². The van der Waals surface area contributed by atoms with Crippen molar-refractivity contribution in [1.29, 1.82) is 0 Å². The second-order valence-electron chi connectivity index (χ2n) is 4.11. The van der Waals surface area contributed by atoms with Crippen LogP contribution >= 0.6 is 11.3 Å². The zero-order chi connectivity index (χ0) is 12.7. The number of carbonyl (C=O) groups is 1. The molecule has 18 heavy (non-hydrogen) atoms. The van der Waals surface area contributed by atoms with Crippen molar-refractivity contribution >= 4 is 32.5 Å². The standard InChI is InChI=1S/C12H11N3O2S/c13-8(6-11(16)17)7-1-2-9-10(5-7)18-12-14-3-4-15(9)12/h1-5,8H,6,13H2,(H,16,17). The van der Waals surface area contributed by atoms with Crippen LogP contribution in [0.3, 0.4) is 0 Å². The maximum Gasteiger partial charge on any atom is 0.305 e. The minimum atomic E-state index is -0.886. The van der Waals surface area contributed by atoms with Gasteiger partial charge in [-0.15, -0.1) is 0 Å².